The fourth-order valence-electron chi connectivity index (χ4n) is 2.57. The van der Waals surface area contributed by atoms with Crippen LogP contribution < -0.4 is 11.3 Å². The molecule has 92 valence electrons. The van der Waals surface area contributed by atoms with Crippen LogP contribution in [0.15, 0.2) is 22.7 Å². The van der Waals surface area contributed by atoms with E-state index in [1.165, 1.54) is 0 Å². The number of carbonyl (C=O) groups excluding carboxylic acids is 1. The number of halogens is 1. The third-order valence-corrected chi connectivity index (χ3v) is 3.83. The quantitative estimate of drug-likeness (QED) is 0.481. The van der Waals surface area contributed by atoms with Gasteiger partial charge in [0.2, 0.25) is 0 Å². The van der Waals surface area contributed by atoms with E-state index in [4.69, 9.17) is 5.84 Å². The van der Waals surface area contributed by atoms with Gasteiger partial charge in [0.05, 0.1) is 11.1 Å². The summed E-state index contributed by atoms with van der Waals surface area (Å²) in [4.78, 5) is 16.7. The van der Waals surface area contributed by atoms with Crippen molar-refractivity contribution in [2.45, 2.75) is 19.3 Å². The van der Waals surface area contributed by atoms with Gasteiger partial charge in [-0.3, -0.25) is 15.2 Å². The maximum atomic E-state index is 12.0. The number of nitrogen functional groups attached to an aromatic ring is 1. The standard InChI is InChI=1S/C13H12BrN3O/c14-7-4-5-11-9(6-7)12(13(18)17-15)8-2-1-3-10(8)16-11/h4-6H,1-3,15H2,(H,17,18). The molecule has 0 bridgehead atoms. The van der Waals surface area contributed by atoms with Crippen LogP contribution in [0.1, 0.15) is 28.0 Å². The molecule has 1 aliphatic rings. The van der Waals surface area contributed by atoms with Gasteiger partial charge in [0.1, 0.15) is 0 Å². The van der Waals surface area contributed by atoms with E-state index in [-0.39, 0.29) is 5.91 Å². The highest BCUT2D eigenvalue weighted by molar-refractivity contribution is 9.10. The zero-order valence-electron chi connectivity index (χ0n) is 9.66. The van der Waals surface area contributed by atoms with E-state index < -0.39 is 0 Å². The molecule has 18 heavy (non-hydrogen) atoms. The second kappa shape index (κ2) is 4.33. The summed E-state index contributed by atoms with van der Waals surface area (Å²) >= 11 is 3.43. The second-order valence-electron chi connectivity index (χ2n) is 4.40. The van der Waals surface area contributed by atoms with Crippen LogP contribution in [0.4, 0.5) is 0 Å². The third-order valence-electron chi connectivity index (χ3n) is 3.33. The summed E-state index contributed by atoms with van der Waals surface area (Å²) in [6.45, 7) is 0. The van der Waals surface area contributed by atoms with Gasteiger partial charge in [-0.25, -0.2) is 5.84 Å². The zero-order chi connectivity index (χ0) is 12.7. The van der Waals surface area contributed by atoms with Crippen molar-refractivity contribution in [2.24, 2.45) is 5.84 Å². The Bertz CT molecular complexity index is 654. The van der Waals surface area contributed by atoms with Crippen molar-refractivity contribution in [3.05, 3.63) is 39.5 Å². The Hall–Kier alpha value is -1.46. The maximum Gasteiger partial charge on any atom is 0.266 e. The number of pyridine rings is 1. The van der Waals surface area contributed by atoms with Gasteiger partial charge in [-0.15, -0.1) is 0 Å². The summed E-state index contributed by atoms with van der Waals surface area (Å²) in [6, 6.07) is 5.78. The molecule has 0 saturated heterocycles. The predicted molar refractivity (Wildman–Crippen MR) is 73.1 cm³/mol. The number of fused-ring (bicyclic) bond motifs is 2. The highest BCUT2D eigenvalue weighted by atomic mass is 79.9. The molecule has 0 saturated carbocycles. The average molecular weight is 306 g/mol. The van der Waals surface area contributed by atoms with Crippen molar-refractivity contribution in [1.82, 2.24) is 10.4 Å². The van der Waals surface area contributed by atoms with Gasteiger partial charge in [-0.2, -0.15) is 0 Å². The molecule has 0 spiro atoms. The molecule has 1 aliphatic carbocycles. The maximum absolute atomic E-state index is 12.0. The van der Waals surface area contributed by atoms with Gasteiger partial charge in [-0.1, -0.05) is 15.9 Å². The average Bonchev–Trinajstić information content (AvgIpc) is 2.82. The van der Waals surface area contributed by atoms with Crippen molar-refractivity contribution in [3.8, 4) is 0 Å². The topological polar surface area (TPSA) is 68.0 Å². The van der Waals surface area contributed by atoms with E-state index in [0.29, 0.717) is 5.56 Å². The van der Waals surface area contributed by atoms with Crippen LogP contribution in [0.5, 0.6) is 0 Å². The SMILES string of the molecule is NNC(=O)c1c2c(nc3ccc(Br)cc13)CCC2. The molecule has 3 N–H and O–H groups in total. The normalized spacial score (nSPS) is 13.7. The number of amides is 1. The Kier molecular flexibility index (Phi) is 2.80. The lowest BCUT2D eigenvalue weighted by atomic mass is 10.0. The van der Waals surface area contributed by atoms with Crippen LogP contribution in [0.2, 0.25) is 0 Å². The number of benzene rings is 1. The summed E-state index contributed by atoms with van der Waals surface area (Å²) in [5, 5.41) is 0.855. The number of nitrogens with two attached hydrogens (primary N) is 1. The molecule has 0 radical (unpaired) electrons. The lowest BCUT2D eigenvalue weighted by Crippen LogP contribution is -2.31. The molecule has 0 aliphatic heterocycles. The summed E-state index contributed by atoms with van der Waals surface area (Å²) < 4.78 is 0.931. The predicted octanol–water partition coefficient (Wildman–Crippen LogP) is 2.09. The monoisotopic (exact) mass is 305 g/mol. The minimum absolute atomic E-state index is 0.237. The second-order valence-corrected chi connectivity index (χ2v) is 5.32. The number of hydrogen-bond acceptors (Lipinski definition) is 3. The lowest BCUT2D eigenvalue weighted by molar-refractivity contribution is 0.0954. The molecule has 0 unspecified atom stereocenters. The Morgan fingerprint density at radius 1 is 1.39 bits per heavy atom. The molecule has 1 heterocycles. The molecule has 4 nitrogen and oxygen atoms in total. The van der Waals surface area contributed by atoms with Crippen LogP contribution in [-0.4, -0.2) is 10.9 Å². The fourth-order valence-corrected chi connectivity index (χ4v) is 2.93. The van der Waals surface area contributed by atoms with Crippen molar-refractivity contribution < 1.29 is 4.79 Å². The smallest absolute Gasteiger partial charge is 0.266 e. The highest BCUT2D eigenvalue weighted by Crippen LogP contribution is 2.31. The molecule has 3 rings (SSSR count). The van der Waals surface area contributed by atoms with Gasteiger partial charge < -0.3 is 0 Å². The first kappa shape index (κ1) is 11.6. The number of carbonyl (C=O) groups is 1. The largest absolute Gasteiger partial charge is 0.290 e. The van der Waals surface area contributed by atoms with Gasteiger partial charge in [0.15, 0.2) is 0 Å². The van der Waals surface area contributed by atoms with Crippen molar-refractivity contribution in [1.29, 1.82) is 0 Å². The number of aryl methyl sites for hydroxylation is 1. The molecule has 1 amide bonds. The van der Waals surface area contributed by atoms with Crippen molar-refractivity contribution in [2.75, 3.05) is 0 Å². The Labute approximate surface area is 113 Å². The lowest BCUT2D eigenvalue weighted by Gasteiger charge is -2.11. The summed E-state index contributed by atoms with van der Waals surface area (Å²) in [7, 11) is 0. The zero-order valence-corrected chi connectivity index (χ0v) is 11.3. The first-order valence-corrected chi connectivity index (χ1v) is 6.62. The van der Waals surface area contributed by atoms with Gasteiger partial charge in [0.25, 0.3) is 5.91 Å². The van der Waals surface area contributed by atoms with Crippen LogP contribution in [0.3, 0.4) is 0 Å². The first-order chi connectivity index (χ1) is 8.70. The van der Waals surface area contributed by atoms with Crippen molar-refractivity contribution in [3.63, 3.8) is 0 Å². The molecule has 1 aromatic carbocycles. The number of hydrogen-bond donors (Lipinski definition) is 2. The molecule has 2 aromatic rings. The van der Waals surface area contributed by atoms with Crippen LogP contribution in [0.25, 0.3) is 10.9 Å². The fraction of sp³-hybridized carbons (Fsp3) is 0.231. The van der Waals surface area contributed by atoms with Gasteiger partial charge in [0, 0.05) is 15.6 Å². The number of rotatable bonds is 1. The Balaban J connectivity index is 2.40. The van der Waals surface area contributed by atoms with Gasteiger partial charge in [-0.05, 0) is 43.0 Å². The minimum Gasteiger partial charge on any atom is -0.290 e. The minimum atomic E-state index is -0.237. The van der Waals surface area contributed by atoms with E-state index in [1.54, 1.807) is 0 Å². The van der Waals surface area contributed by atoms with Crippen LogP contribution >= 0.6 is 15.9 Å². The molecule has 1 aromatic heterocycles. The Morgan fingerprint density at radius 2 is 2.22 bits per heavy atom. The summed E-state index contributed by atoms with van der Waals surface area (Å²) in [5.41, 5.74) is 5.84. The first-order valence-electron chi connectivity index (χ1n) is 5.82. The van der Waals surface area contributed by atoms with E-state index in [1.807, 2.05) is 18.2 Å². The molecule has 0 fully saturated rings. The number of hydrazine groups is 1. The molecule has 0 atom stereocenters. The molecule has 5 heteroatoms. The summed E-state index contributed by atoms with van der Waals surface area (Å²) in [6.07, 6.45) is 2.88. The van der Waals surface area contributed by atoms with Crippen molar-refractivity contribution >= 4 is 32.7 Å². The summed E-state index contributed by atoms with van der Waals surface area (Å²) in [5.74, 6) is 5.06. The van der Waals surface area contributed by atoms with E-state index in [2.05, 4.69) is 26.3 Å². The van der Waals surface area contributed by atoms with E-state index >= 15 is 0 Å². The molecular weight excluding hydrogens is 294 g/mol. The number of aromatic nitrogens is 1. The third kappa shape index (κ3) is 1.71. The van der Waals surface area contributed by atoms with Crippen LogP contribution in [-0.2, 0) is 12.8 Å². The highest BCUT2D eigenvalue weighted by Gasteiger charge is 2.23. The molecular formula is C13H12BrN3O. The number of nitrogens with zero attached hydrogens (tertiary/aromatic N) is 1. The Morgan fingerprint density at radius 3 is 3.00 bits per heavy atom. The van der Waals surface area contributed by atoms with E-state index in [0.717, 1.165) is 45.9 Å². The van der Waals surface area contributed by atoms with E-state index in [9.17, 15) is 4.79 Å². The van der Waals surface area contributed by atoms with Gasteiger partial charge >= 0.3 is 0 Å². The van der Waals surface area contributed by atoms with Crippen LogP contribution in [0, 0.1) is 0 Å². The number of nitrogens with one attached hydrogen (secondary N) is 1.